The van der Waals surface area contributed by atoms with Crippen LogP contribution in [0.1, 0.15) is 13.3 Å². The summed E-state index contributed by atoms with van der Waals surface area (Å²) in [5.41, 5.74) is -0.127. The number of sulfonamides is 1. The Morgan fingerprint density at radius 2 is 1.80 bits per heavy atom. The Kier molecular flexibility index (Phi) is 3.83. The van der Waals surface area contributed by atoms with Crippen LogP contribution < -0.4 is 10.0 Å². The largest absolute Gasteiger partial charge is 0.388 e. The molecule has 1 atom stereocenters. The molecule has 1 saturated heterocycles. The fourth-order valence-electron chi connectivity index (χ4n) is 2.28. The first-order valence-corrected chi connectivity index (χ1v) is 9.49. The first kappa shape index (κ1) is 15.3. The molecule has 1 aromatic carbocycles. The van der Waals surface area contributed by atoms with Crippen LogP contribution >= 0.6 is 0 Å². The van der Waals surface area contributed by atoms with Gasteiger partial charge < -0.3 is 5.32 Å². The second kappa shape index (κ2) is 5.01. The van der Waals surface area contributed by atoms with Crippen molar-refractivity contribution in [3.05, 3.63) is 24.3 Å². The predicted molar refractivity (Wildman–Crippen MR) is 78.0 cm³/mol. The van der Waals surface area contributed by atoms with E-state index in [9.17, 15) is 16.8 Å². The van der Waals surface area contributed by atoms with Crippen LogP contribution in [0.4, 0.5) is 5.69 Å². The molecule has 0 amide bonds. The molecule has 1 aliphatic heterocycles. The van der Waals surface area contributed by atoms with Crippen LogP contribution in [0.3, 0.4) is 0 Å². The molecule has 0 aromatic heterocycles. The topological polar surface area (TPSA) is 92.3 Å². The summed E-state index contributed by atoms with van der Waals surface area (Å²) in [7, 11) is -5.13. The molecule has 1 unspecified atom stereocenters. The third kappa shape index (κ3) is 3.31. The molecule has 1 fully saturated rings. The van der Waals surface area contributed by atoms with E-state index in [1.165, 1.54) is 12.1 Å². The van der Waals surface area contributed by atoms with Crippen molar-refractivity contribution in [1.82, 2.24) is 4.72 Å². The van der Waals surface area contributed by atoms with Crippen LogP contribution in [0.25, 0.3) is 0 Å². The van der Waals surface area contributed by atoms with E-state index in [1.54, 1.807) is 26.1 Å². The number of hydrogen-bond donors (Lipinski definition) is 2. The second-order valence-corrected chi connectivity index (χ2v) is 9.15. The van der Waals surface area contributed by atoms with Gasteiger partial charge in [0.05, 0.1) is 16.4 Å². The summed E-state index contributed by atoms with van der Waals surface area (Å²) in [6.07, 6.45) is 0.295. The molecule has 20 heavy (non-hydrogen) atoms. The number of benzene rings is 1. The Labute approximate surface area is 119 Å². The van der Waals surface area contributed by atoms with Gasteiger partial charge in [0.15, 0.2) is 9.84 Å². The fourth-order valence-corrected chi connectivity index (χ4v) is 5.89. The lowest BCUT2D eigenvalue weighted by Gasteiger charge is -2.23. The van der Waals surface area contributed by atoms with Gasteiger partial charge >= 0.3 is 0 Å². The van der Waals surface area contributed by atoms with Gasteiger partial charge in [-0.05, 0) is 37.6 Å². The highest BCUT2D eigenvalue weighted by atomic mass is 32.2. The van der Waals surface area contributed by atoms with Gasteiger partial charge in [-0.15, -0.1) is 0 Å². The van der Waals surface area contributed by atoms with E-state index in [1.807, 2.05) is 0 Å². The molecule has 2 rings (SSSR count). The number of sulfone groups is 1. The maximum absolute atomic E-state index is 12.3. The van der Waals surface area contributed by atoms with E-state index < -0.39 is 25.4 Å². The maximum atomic E-state index is 12.3. The minimum Gasteiger partial charge on any atom is -0.388 e. The summed E-state index contributed by atoms with van der Waals surface area (Å²) in [5, 5.41) is 2.90. The number of anilines is 1. The Hall–Kier alpha value is -1.12. The molecule has 1 aromatic rings. The zero-order valence-electron chi connectivity index (χ0n) is 11.4. The summed E-state index contributed by atoms with van der Waals surface area (Å²) < 4.78 is 50.1. The molecule has 0 radical (unpaired) electrons. The lowest BCUT2D eigenvalue weighted by Crippen LogP contribution is -2.46. The van der Waals surface area contributed by atoms with Gasteiger partial charge in [-0.3, -0.25) is 0 Å². The molecule has 112 valence electrons. The molecule has 6 nitrogen and oxygen atoms in total. The summed E-state index contributed by atoms with van der Waals surface area (Å²) in [4.78, 5) is 0.127. The monoisotopic (exact) mass is 318 g/mol. The summed E-state index contributed by atoms with van der Waals surface area (Å²) in [5.74, 6) is -0.140. The molecule has 0 aliphatic carbocycles. The molecule has 0 bridgehead atoms. The van der Waals surface area contributed by atoms with Crippen molar-refractivity contribution in [1.29, 1.82) is 0 Å². The summed E-state index contributed by atoms with van der Waals surface area (Å²) >= 11 is 0. The van der Waals surface area contributed by atoms with Gasteiger partial charge in [0.2, 0.25) is 10.0 Å². The number of nitrogens with one attached hydrogen (secondary N) is 2. The Bertz CT molecular complexity index is 695. The maximum Gasteiger partial charge on any atom is 0.241 e. The average Bonchev–Trinajstić information content (AvgIpc) is 2.62. The van der Waals surface area contributed by atoms with Crippen molar-refractivity contribution < 1.29 is 16.8 Å². The van der Waals surface area contributed by atoms with Crippen molar-refractivity contribution in [2.24, 2.45) is 0 Å². The minimum absolute atomic E-state index is 0.0186. The van der Waals surface area contributed by atoms with E-state index in [0.717, 1.165) is 5.69 Å². The molecular weight excluding hydrogens is 300 g/mol. The average molecular weight is 318 g/mol. The SMILES string of the molecule is CNc1ccc(S(=O)(=O)NC2(C)CCS(=O)(=O)C2)cc1. The quantitative estimate of drug-likeness (QED) is 0.847. The van der Waals surface area contributed by atoms with E-state index in [-0.39, 0.29) is 16.4 Å². The van der Waals surface area contributed by atoms with E-state index in [0.29, 0.717) is 6.42 Å². The van der Waals surface area contributed by atoms with E-state index >= 15 is 0 Å². The first-order valence-electron chi connectivity index (χ1n) is 6.18. The van der Waals surface area contributed by atoms with Crippen LogP contribution in [0.15, 0.2) is 29.2 Å². The second-order valence-electron chi connectivity index (χ2n) is 5.28. The van der Waals surface area contributed by atoms with E-state index in [2.05, 4.69) is 10.0 Å². The van der Waals surface area contributed by atoms with Gasteiger partial charge in [0.1, 0.15) is 0 Å². The van der Waals surface area contributed by atoms with Crippen molar-refractivity contribution >= 4 is 25.5 Å². The smallest absolute Gasteiger partial charge is 0.241 e. The standard InChI is InChI=1S/C12H18N2O4S2/c1-12(7-8-19(15,16)9-12)14-20(17,18)11-5-3-10(13-2)4-6-11/h3-6,13-14H,7-9H2,1-2H3. The van der Waals surface area contributed by atoms with Crippen molar-refractivity contribution in [3.63, 3.8) is 0 Å². The minimum atomic E-state index is -3.72. The highest BCUT2D eigenvalue weighted by molar-refractivity contribution is 7.92. The van der Waals surface area contributed by atoms with Crippen molar-refractivity contribution in [2.75, 3.05) is 23.9 Å². The van der Waals surface area contributed by atoms with E-state index in [4.69, 9.17) is 0 Å². The van der Waals surface area contributed by atoms with Crippen LogP contribution in [0, 0.1) is 0 Å². The Morgan fingerprint density at radius 3 is 2.25 bits per heavy atom. The molecule has 0 saturated carbocycles. The van der Waals surface area contributed by atoms with Crippen LogP contribution in [0.2, 0.25) is 0 Å². The van der Waals surface area contributed by atoms with Gasteiger partial charge in [0, 0.05) is 18.3 Å². The van der Waals surface area contributed by atoms with Gasteiger partial charge in [-0.25, -0.2) is 21.6 Å². The third-order valence-corrected chi connectivity index (χ3v) is 6.89. The highest BCUT2D eigenvalue weighted by Crippen LogP contribution is 2.25. The zero-order valence-corrected chi connectivity index (χ0v) is 13.0. The summed E-state index contributed by atoms with van der Waals surface area (Å²) in [6, 6.07) is 6.28. The van der Waals surface area contributed by atoms with Gasteiger partial charge in [-0.1, -0.05) is 0 Å². The molecular formula is C12H18N2O4S2. The lowest BCUT2D eigenvalue weighted by atomic mass is 10.0. The Morgan fingerprint density at radius 1 is 1.20 bits per heavy atom. The zero-order chi connectivity index (χ0) is 15.0. The molecule has 8 heteroatoms. The van der Waals surface area contributed by atoms with Crippen molar-refractivity contribution in [3.8, 4) is 0 Å². The van der Waals surface area contributed by atoms with Crippen LogP contribution in [-0.4, -0.2) is 40.9 Å². The van der Waals surface area contributed by atoms with Crippen LogP contribution in [0.5, 0.6) is 0 Å². The van der Waals surface area contributed by atoms with Gasteiger partial charge in [-0.2, -0.15) is 0 Å². The fraction of sp³-hybridized carbons (Fsp3) is 0.500. The highest BCUT2D eigenvalue weighted by Gasteiger charge is 2.41. The summed E-state index contributed by atoms with van der Waals surface area (Å²) in [6.45, 7) is 1.62. The van der Waals surface area contributed by atoms with Crippen LogP contribution in [-0.2, 0) is 19.9 Å². The molecule has 0 spiro atoms. The normalized spacial score (nSPS) is 25.5. The molecule has 1 heterocycles. The number of hydrogen-bond acceptors (Lipinski definition) is 5. The first-order chi connectivity index (χ1) is 9.16. The number of rotatable bonds is 4. The van der Waals surface area contributed by atoms with Gasteiger partial charge in [0.25, 0.3) is 0 Å². The lowest BCUT2D eigenvalue weighted by molar-refractivity contribution is 0.462. The Balaban J connectivity index is 2.23. The predicted octanol–water partition coefficient (Wildman–Crippen LogP) is 0.584. The molecule has 1 aliphatic rings. The third-order valence-electron chi connectivity index (χ3n) is 3.34. The van der Waals surface area contributed by atoms with Crippen molar-refractivity contribution in [2.45, 2.75) is 23.8 Å². The molecule has 2 N–H and O–H groups in total.